The summed E-state index contributed by atoms with van der Waals surface area (Å²) in [6.45, 7) is 5.71. The van der Waals surface area contributed by atoms with Gasteiger partial charge in [-0.15, -0.1) is 0 Å². The van der Waals surface area contributed by atoms with Crippen molar-refractivity contribution in [3.8, 4) is 5.95 Å². The first-order valence-electron chi connectivity index (χ1n) is 9.95. The summed E-state index contributed by atoms with van der Waals surface area (Å²) in [7, 11) is 0. The molecule has 2 fully saturated rings. The second kappa shape index (κ2) is 6.93. The summed E-state index contributed by atoms with van der Waals surface area (Å²) in [6.07, 6.45) is 3.00. The maximum atomic E-state index is 14.5. The summed E-state index contributed by atoms with van der Waals surface area (Å²) in [5, 5.41) is 13.1. The fraction of sp³-hybridized carbons (Fsp3) is 0.550. The van der Waals surface area contributed by atoms with Gasteiger partial charge in [0.15, 0.2) is 0 Å². The monoisotopic (exact) mass is 385 g/mol. The third-order valence-electron chi connectivity index (χ3n) is 5.74. The van der Waals surface area contributed by atoms with Crippen LogP contribution in [0, 0.1) is 5.82 Å². The molecule has 0 spiro atoms. The zero-order chi connectivity index (χ0) is 19.3. The van der Waals surface area contributed by atoms with Crippen molar-refractivity contribution in [2.75, 3.05) is 13.2 Å². The van der Waals surface area contributed by atoms with E-state index in [1.54, 1.807) is 6.07 Å². The lowest BCUT2D eigenvalue weighted by molar-refractivity contribution is 0.175. The van der Waals surface area contributed by atoms with E-state index < -0.39 is 0 Å². The molecule has 2 aromatic heterocycles. The minimum atomic E-state index is -0.338. The summed E-state index contributed by atoms with van der Waals surface area (Å²) in [5.74, 6) is 0.946. The van der Waals surface area contributed by atoms with E-state index in [9.17, 15) is 4.39 Å². The highest BCUT2D eigenvalue weighted by Gasteiger charge is 2.36. The molecule has 148 valence electrons. The molecule has 1 atom stereocenters. The average molecular weight is 385 g/mol. The summed E-state index contributed by atoms with van der Waals surface area (Å²) >= 11 is 0. The molecule has 1 saturated heterocycles. The van der Waals surface area contributed by atoms with E-state index in [0.29, 0.717) is 23.5 Å². The summed E-state index contributed by atoms with van der Waals surface area (Å²) in [5.41, 5.74) is 1.22. The number of benzene rings is 1. The number of aromatic nitrogens is 4. The molecule has 5 rings (SSSR count). The number of para-hydroxylation sites is 1. The van der Waals surface area contributed by atoms with E-state index in [0.717, 1.165) is 43.6 Å². The van der Waals surface area contributed by atoms with Crippen LogP contribution in [0.15, 0.2) is 22.7 Å². The van der Waals surface area contributed by atoms with Crippen molar-refractivity contribution in [1.82, 2.24) is 25.2 Å². The van der Waals surface area contributed by atoms with E-state index in [-0.39, 0.29) is 23.6 Å². The van der Waals surface area contributed by atoms with Crippen molar-refractivity contribution in [3.63, 3.8) is 0 Å². The highest BCUT2D eigenvalue weighted by Crippen LogP contribution is 2.37. The Morgan fingerprint density at radius 3 is 2.86 bits per heavy atom. The molecule has 1 saturated carbocycles. The van der Waals surface area contributed by atoms with E-state index in [4.69, 9.17) is 9.26 Å². The first-order valence-corrected chi connectivity index (χ1v) is 9.95. The van der Waals surface area contributed by atoms with Crippen LogP contribution in [-0.2, 0) is 4.74 Å². The van der Waals surface area contributed by atoms with Crippen molar-refractivity contribution in [2.24, 2.45) is 0 Å². The summed E-state index contributed by atoms with van der Waals surface area (Å²) in [4.78, 5) is 4.54. The standard InChI is InChI=1S/C20H24FN5O2/c1-11(2)17-15-4-3-5-16(21)18(15)26(24-17)20-23-19(28-25-20)12-8-14(9-12)22-13-6-7-27-10-13/h3-5,11-14,22H,6-10H2,1-2H3. The minimum absolute atomic E-state index is 0.162. The number of halogens is 1. The second-order valence-corrected chi connectivity index (χ2v) is 8.11. The van der Waals surface area contributed by atoms with Crippen LogP contribution in [-0.4, -0.2) is 45.2 Å². The molecular formula is C20H24FN5O2. The average Bonchev–Trinajstić information content (AvgIpc) is 3.37. The number of fused-ring (bicyclic) bond motifs is 1. The van der Waals surface area contributed by atoms with Gasteiger partial charge in [0.1, 0.15) is 11.3 Å². The van der Waals surface area contributed by atoms with Crippen LogP contribution in [0.3, 0.4) is 0 Å². The maximum Gasteiger partial charge on any atom is 0.291 e. The van der Waals surface area contributed by atoms with E-state index in [1.165, 1.54) is 10.7 Å². The number of rotatable bonds is 5. The maximum absolute atomic E-state index is 14.5. The smallest absolute Gasteiger partial charge is 0.291 e. The van der Waals surface area contributed by atoms with Gasteiger partial charge in [-0.3, -0.25) is 0 Å². The van der Waals surface area contributed by atoms with Gasteiger partial charge in [0.05, 0.1) is 12.3 Å². The predicted molar refractivity (Wildman–Crippen MR) is 101 cm³/mol. The number of nitrogens with one attached hydrogen (secondary N) is 1. The lowest BCUT2D eigenvalue weighted by Gasteiger charge is -2.35. The highest BCUT2D eigenvalue weighted by atomic mass is 19.1. The SMILES string of the molecule is CC(C)c1nn(-c2noc(C3CC(NC4CCOC4)C3)n2)c2c(F)cccc12. The van der Waals surface area contributed by atoms with Crippen LogP contribution in [0.25, 0.3) is 16.9 Å². The molecule has 1 aromatic carbocycles. The molecule has 2 aliphatic rings. The van der Waals surface area contributed by atoms with Gasteiger partial charge in [0.25, 0.3) is 5.95 Å². The van der Waals surface area contributed by atoms with Gasteiger partial charge in [-0.25, -0.2) is 4.39 Å². The van der Waals surface area contributed by atoms with Crippen molar-refractivity contribution < 1.29 is 13.7 Å². The molecule has 7 nitrogen and oxygen atoms in total. The number of ether oxygens (including phenoxy) is 1. The van der Waals surface area contributed by atoms with Gasteiger partial charge in [-0.2, -0.15) is 14.8 Å². The topological polar surface area (TPSA) is 78.0 Å². The molecule has 1 aliphatic heterocycles. The van der Waals surface area contributed by atoms with Crippen molar-refractivity contribution in [1.29, 1.82) is 0 Å². The van der Waals surface area contributed by atoms with Gasteiger partial charge in [0.2, 0.25) is 5.89 Å². The Balaban J connectivity index is 1.37. The van der Waals surface area contributed by atoms with Crippen molar-refractivity contribution in [2.45, 2.75) is 57.0 Å². The molecule has 0 amide bonds. The summed E-state index contributed by atoms with van der Waals surface area (Å²) in [6, 6.07) is 5.93. The van der Waals surface area contributed by atoms with Gasteiger partial charge < -0.3 is 14.6 Å². The number of hydrogen-bond donors (Lipinski definition) is 1. The van der Waals surface area contributed by atoms with Gasteiger partial charge in [-0.1, -0.05) is 26.0 Å². The zero-order valence-electron chi connectivity index (χ0n) is 16.1. The zero-order valence-corrected chi connectivity index (χ0v) is 16.1. The van der Waals surface area contributed by atoms with Crippen LogP contribution in [0.1, 0.15) is 56.5 Å². The largest absolute Gasteiger partial charge is 0.380 e. The second-order valence-electron chi connectivity index (χ2n) is 8.11. The Hall–Kier alpha value is -2.32. The molecule has 1 unspecified atom stereocenters. The van der Waals surface area contributed by atoms with Gasteiger partial charge >= 0.3 is 0 Å². The normalized spacial score (nSPS) is 24.9. The van der Waals surface area contributed by atoms with E-state index in [1.807, 2.05) is 19.9 Å². The molecule has 1 aliphatic carbocycles. The third-order valence-corrected chi connectivity index (χ3v) is 5.74. The Bertz CT molecular complexity index is 986. The van der Waals surface area contributed by atoms with Crippen LogP contribution in [0.5, 0.6) is 0 Å². The van der Waals surface area contributed by atoms with Crippen LogP contribution < -0.4 is 5.32 Å². The third kappa shape index (κ3) is 3.00. The fourth-order valence-electron chi connectivity index (χ4n) is 4.15. The van der Waals surface area contributed by atoms with Crippen LogP contribution in [0.2, 0.25) is 0 Å². The Kier molecular flexibility index (Phi) is 4.40. The quantitative estimate of drug-likeness (QED) is 0.726. The Morgan fingerprint density at radius 1 is 1.25 bits per heavy atom. The van der Waals surface area contributed by atoms with Gasteiger partial charge in [-0.05, 0) is 36.4 Å². The molecule has 3 aromatic rings. The molecular weight excluding hydrogens is 361 g/mol. The molecule has 0 radical (unpaired) electrons. The molecule has 0 bridgehead atoms. The molecule has 28 heavy (non-hydrogen) atoms. The lowest BCUT2D eigenvalue weighted by Crippen LogP contribution is -2.45. The van der Waals surface area contributed by atoms with Gasteiger partial charge in [0, 0.05) is 30.0 Å². The number of nitrogens with zero attached hydrogens (tertiary/aromatic N) is 4. The summed E-state index contributed by atoms with van der Waals surface area (Å²) < 4.78 is 26.9. The molecule has 1 N–H and O–H groups in total. The van der Waals surface area contributed by atoms with Crippen molar-refractivity contribution >= 4 is 10.9 Å². The van der Waals surface area contributed by atoms with Crippen LogP contribution in [0.4, 0.5) is 4.39 Å². The molecule has 3 heterocycles. The number of hydrogen-bond acceptors (Lipinski definition) is 6. The minimum Gasteiger partial charge on any atom is -0.380 e. The lowest BCUT2D eigenvalue weighted by atomic mass is 9.80. The van der Waals surface area contributed by atoms with E-state index >= 15 is 0 Å². The first kappa shape index (κ1) is 17.8. The first-order chi connectivity index (χ1) is 13.6. The Morgan fingerprint density at radius 2 is 2.11 bits per heavy atom. The predicted octanol–water partition coefficient (Wildman–Crippen LogP) is 3.30. The van der Waals surface area contributed by atoms with E-state index in [2.05, 4.69) is 20.6 Å². The highest BCUT2D eigenvalue weighted by molar-refractivity contribution is 5.84. The molecule has 8 heteroatoms. The van der Waals surface area contributed by atoms with Crippen molar-refractivity contribution in [3.05, 3.63) is 35.6 Å². The Labute approximate surface area is 162 Å². The fourth-order valence-corrected chi connectivity index (χ4v) is 4.15. The van der Waals surface area contributed by atoms with Crippen LogP contribution >= 0.6 is 0 Å².